The number of hydrogen-bond donors (Lipinski definition) is 2. The zero-order valence-electron chi connectivity index (χ0n) is 21.5. The molecule has 196 valence electrons. The fourth-order valence-corrected chi connectivity index (χ4v) is 4.83. The lowest BCUT2D eigenvalue weighted by Gasteiger charge is -2.14. The molecule has 2 N–H and O–H groups in total. The molecule has 0 aliphatic heterocycles. The molecular formula is C29H29BrN4O3S. The van der Waals surface area contributed by atoms with E-state index in [0.717, 1.165) is 38.5 Å². The molecule has 0 saturated heterocycles. The number of ether oxygens (including phenoxy) is 2. The Morgan fingerprint density at radius 2 is 1.84 bits per heavy atom. The van der Waals surface area contributed by atoms with Gasteiger partial charge < -0.3 is 14.8 Å². The summed E-state index contributed by atoms with van der Waals surface area (Å²) < 4.78 is 12.3. The van der Waals surface area contributed by atoms with Gasteiger partial charge in [-0.3, -0.25) is 4.79 Å². The molecule has 0 aliphatic rings. The maximum Gasteiger partial charge on any atom is 0.271 e. The van der Waals surface area contributed by atoms with Crippen molar-refractivity contribution in [2.45, 2.75) is 27.2 Å². The Hall–Kier alpha value is -3.69. The van der Waals surface area contributed by atoms with Gasteiger partial charge in [-0.05, 0) is 78.2 Å². The van der Waals surface area contributed by atoms with Gasteiger partial charge in [0, 0.05) is 22.2 Å². The van der Waals surface area contributed by atoms with Crippen LogP contribution < -0.4 is 20.2 Å². The molecule has 0 aliphatic carbocycles. The highest BCUT2D eigenvalue weighted by Crippen LogP contribution is 2.36. The minimum Gasteiger partial charge on any atom is -0.490 e. The minimum absolute atomic E-state index is 0.306. The van der Waals surface area contributed by atoms with Crippen LogP contribution >= 0.6 is 27.3 Å². The number of thiazole rings is 1. The van der Waals surface area contributed by atoms with Crippen molar-refractivity contribution in [3.63, 3.8) is 0 Å². The van der Waals surface area contributed by atoms with Crippen molar-refractivity contribution in [3.8, 4) is 22.8 Å². The lowest BCUT2D eigenvalue weighted by molar-refractivity contribution is 0.0955. The lowest BCUT2D eigenvalue weighted by atomic mass is 10.1. The van der Waals surface area contributed by atoms with Gasteiger partial charge in [0.05, 0.1) is 29.6 Å². The van der Waals surface area contributed by atoms with Crippen LogP contribution in [0.2, 0.25) is 0 Å². The molecule has 0 atom stereocenters. The molecule has 0 unspecified atom stereocenters. The average molecular weight is 594 g/mol. The van der Waals surface area contributed by atoms with E-state index in [9.17, 15) is 4.79 Å². The number of hydrazone groups is 1. The molecule has 7 nitrogen and oxygen atoms in total. The number of aryl methyl sites for hydroxylation is 1. The van der Waals surface area contributed by atoms with Crippen LogP contribution in [0.15, 0.2) is 75.6 Å². The van der Waals surface area contributed by atoms with E-state index in [2.05, 4.69) is 55.8 Å². The zero-order valence-corrected chi connectivity index (χ0v) is 23.9. The van der Waals surface area contributed by atoms with Crippen LogP contribution in [-0.4, -0.2) is 30.3 Å². The van der Waals surface area contributed by atoms with Crippen molar-refractivity contribution in [2.75, 3.05) is 18.5 Å². The summed E-state index contributed by atoms with van der Waals surface area (Å²) in [5.41, 5.74) is 7.82. The lowest BCUT2D eigenvalue weighted by Crippen LogP contribution is -2.17. The second-order valence-electron chi connectivity index (χ2n) is 8.42. The second-order valence-corrected chi connectivity index (χ2v) is 10.1. The Labute approximate surface area is 235 Å². The van der Waals surface area contributed by atoms with Crippen LogP contribution in [0.3, 0.4) is 0 Å². The predicted molar refractivity (Wildman–Crippen MR) is 158 cm³/mol. The third-order valence-corrected chi connectivity index (χ3v) is 6.76. The number of nitrogens with zero attached hydrogens (tertiary/aromatic N) is 2. The number of aromatic nitrogens is 1. The first-order valence-electron chi connectivity index (χ1n) is 12.3. The van der Waals surface area contributed by atoms with Crippen LogP contribution in [0.4, 0.5) is 10.8 Å². The monoisotopic (exact) mass is 592 g/mol. The Balaban J connectivity index is 1.37. The van der Waals surface area contributed by atoms with Crippen molar-refractivity contribution in [1.29, 1.82) is 0 Å². The maximum absolute atomic E-state index is 12.6. The molecule has 4 rings (SSSR count). The number of amides is 1. The SMILES string of the molecule is CCCOc1c(Br)cc(/C=N\NC(=O)c2ccc(-c3csc(Nc4ccc(C)cc4)n3)cc2)cc1OCC. The summed E-state index contributed by atoms with van der Waals surface area (Å²) in [5.74, 6) is 0.978. The maximum atomic E-state index is 12.6. The zero-order chi connectivity index (χ0) is 26.9. The minimum atomic E-state index is -0.306. The molecule has 0 saturated carbocycles. The summed E-state index contributed by atoms with van der Waals surface area (Å²) >= 11 is 5.07. The first-order chi connectivity index (χ1) is 18.5. The number of hydrogen-bond acceptors (Lipinski definition) is 7. The van der Waals surface area contributed by atoms with Crippen LogP contribution in [0.1, 0.15) is 41.8 Å². The predicted octanol–water partition coefficient (Wildman–Crippen LogP) is 7.58. The number of carbonyl (C=O) groups excluding carboxylic acids is 1. The van der Waals surface area contributed by atoms with E-state index in [1.165, 1.54) is 16.9 Å². The number of halogens is 1. The van der Waals surface area contributed by atoms with Crippen LogP contribution in [0.5, 0.6) is 11.5 Å². The molecule has 0 spiro atoms. The summed E-state index contributed by atoms with van der Waals surface area (Å²) in [6, 6.07) is 19.1. The van der Waals surface area contributed by atoms with Crippen molar-refractivity contribution < 1.29 is 14.3 Å². The van der Waals surface area contributed by atoms with Crippen molar-refractivity contribution in [2.24, 2.45) is 5.10 Å². The Kier molecular flexibility index (Phi) is 9.51. The van der Waals surface area contributed by atoms with Crippen LogP contribution in [0.25, 0.3) is 11.3 Å². The van der Waals surface area contributed by atoms with Gasteiger partial charge in [0.1, 0.15) is 0 Å². The first-order valence-corrected chi connectivity index (χ1v) is 14.0. The summed E-state index contributed by atoms with van der Waals surface area (Å²) in [6.45, 7) is 7.12. The van der Waals surface area contributed by atoms with Gasteiger partial charge in [0.2, 0.25) is 0 Å². The van der Waals surface area contributed by atoms with E-state index in [-0.39, 0.29) is 5.91 Å². The van der Waals surface area contributed by atoms with Crippen molar-refractivity contribution in [3.05, 3.63) is 87.2 Å². The van der Waals surface area contributed by atoms with Gasteiger partial charge in [-0.2, -0.15) is 5.10 Å². The van der Waals surface area contributed by atoms with E-state index in [1.807, 2.05) is 55.6 Å². The van der Waals surface area contributed by atoms with Gasteiger partial charge in [-0.1, -0.05) is 36.8 Å². The molecule has 0 fully saturated rings. The van der Waals surface area contributed by atoms with Crippen LogP contribution in [0, 0.1) is 6.92 Å². The first kappa shape index (κ1) is 27.3. The van der Waals surface area contributed by atoms with E-state index in [0.29, 0.717) is 30.3 Å². The van der Waals surface area contributed by atoms with E-state index < -0.39 is 0 Å². The number of benzene rings is 3. The fraction of sp³-hybridized carbons (Fsp3) is 0.207. The molecule has 9 heteroatoms. The molecule has 1 amide bonds. The third-order valence-electron chi connectivity index (χ3n) is 5.41. The molecule has 0 bridgehead atoms. The highest BCUT2D eigenvalue weighted by Gasteiger charge is 2.12. The summed E-state index contributed by atoms with van der Waals surface area (Å²) in [4.78, 5) is 17.3. The number of rotatable bonds is 11. The van der Waals surface area contributed by atoms with Gasteiger partial charge in [-0.15, -0.1) is 11.3 Å². The average Bonchev–Trinajstić information content (AvgIpc) is 3.38. The van der Waals surface area contributed by atoms with Crippen molar-refractivity contribution in [1.82, 2.24) is 10.4 Å². The van der Waals surface area contributed by atoms with E-state index in [1.54, 1.807) is 18.3 Å². The summed E-state index contributed by atoms with van der Waals surface area (Å²) in [7, 11) is 0. The number of carbonyl (C=O) groups is 1. The largest absolute Gasteiger partial charge is 0.490 e. The second kappa shape index (κ2) is 13.2. The van der Waals surface area contributed by atoms with Crippen LogP contribution in [-0.2, 0) is 0 Å². The normalized spacial score (nSPS) is 10.9. The quantitative estimate of drug-likeness (QED) is 0.138. The Bertz CT molecular complexity index is 1400. The molecule has 0 radical (unpaired) electrons. The molecule has 4 aromatic rings. The van der Waals surface area contributed by atoms with E-state index >= 15 is 0 Å². The molecule has 3 aromatic carbocycles. The fourth-order valence-electron chi connectivity index (χ4n) is 3.52. The Morgan fingerprint density at radius 1 is 1.08 bits per heavy atom. The molecule has 38 heavy (non-hydrogen) atoms. The molecular weight excluding hydrogens is 564 g/mol. The highest BCUT2D eigenvalue weighted by atomic mass is 79.9. The molecule has 1 heterocycles. The van der Waals surface area contributed by atoms with E-state index in [4.69, 9.17) is 9.47 Å². The van der Waals surface area contributed by atoms with Crippen molar-refractivity contribution >= 4 is 50.2 Å². The Morgan fingerprint density at radius 3 is 2.55 bits per heavy atom. The van der Waals surface area contributed by atoms with Gasteiger partial charge in [0.15, 0.2) is 16.6 Å². The standard InChI is InChI=1S/C29H29BrN4O3S/c1-4-14-37-27-24(30)15-20(16-26(27)36-5-2)17-31-34-28(35)22-10-8-21(9-11-22)25-18-38-29(33-25)32-23-12-6-19(3)7-13-23/h6-13,15-18H,4-5,14H2,1-3H3,(H,32,33)(H,34,35)/b31-17-. The van der Waals surface area contributed by atoms with Gasteiger partial charge in [-0.25, -0.2) is 10.4 Å². The van der Waals surface area contributed by atoms with Gasteiger partial charge in [0.25, 0.3) is 5.91 Å². The smallest absolute Gasteiger partial charge is 0.271 e. The molecule has 1 aromatic heterocycles. The number of nitrogens with one attached hydrogen (secondary N) is 2. The highest BCUT2D eigenvalue weighted by molar-refractivity contribution is 9.10. The summed E-state index contributed by atoms with van der Waals surface area (Å²) in [6.07, 6.45) is 2.46. The topological polar surface area (TPSA) is 84.8 Å². The van der Waals surface area contributed by atoms with Gasteiger partial charge >= 0.3 is 0 Å². The third kappa shape index (κ3) is 7.20. The number of anilines is 2. The summed E-state index contributed by atoms with van der Waals surface area (Å²) in [5, 5.41) is 10.2.